The molecule has 0 saturated carbocycles. The number of ether oxygens (including phenoxy) is 1. The molecule has 0 aromatic heterocycles. The first-order chi connectivity index (χ1) is 10.1. The number of carbonyl (C=O) groups is 1. The second-order valence-corrected chi connectivity index (χ2v) is 5.88. The van der Waals surface area contributed by atoms with Gasteiger partial charge in [-0.1, -0.05) is 0 Å². The first-order valence-corrected chi connectivity index (χ1v) is 7.67. The van der Waals surface area contributed by atoms with Gasteiger partial charge in [-0.25, -0.2) is 0 Å². The average molecular weight is 352 g/mol. The standard InChI is InChI=1S/C15H18BrN3O2/c1-21-12-2-3-14(16)13(10-12)15(20)18-11-4-7-19(8-5-11)9-6-17/h2-3,10-11H,4-5,7-9H2,1H3,(H,18,20). The lowest BCUT2D eigenvalue weighted by Gasteiger charge is -2.30. The van der Waals surface area contributed by atoms with Crippen LogP contribution in [0.2, 0.25) is 0 Å². The number of halogens is 1. The van der Waals surface area contributed by atoms with Gasteiger partial charge in [-0.15, -0.1) is 0 Å². The molecule has 0 unspecified atom stereocenters. The summed E-state index contributed by atoms with van der Waals surface area (Å²) in [6, 6.07) is 7.66. The highest BCUT2D eigenvalue weighted by molar-refractivity contribution is 9.10. The fourth-order valence-corrected chi connectivity index (χ4v) is 2.83. The number of nitrogens with zero attached hydrogens (tertiary/aromatic N) is 2. The number of nitriles is 1. The fourth-order valence-electron chi connectivity index (χ4n) is 2.40. The average Bonchev–Trinajstić information content (AvgIpc) is 2.50. The summed E-state index contributed by atoms with van der Waals surface area (Å²) >= 11 is 3.39. The zero-order chi connectivity index (χ0) is 15.2. The highest BCUT2D eigenvalue weighted by Crippen LogP contribution is 2.23. The van der Waals surface area contributed by atoms with E-state index in [2.05, 4.69) is 32.2 Å². The molecular weight excluding hydrogens is 334 g/mol. The predicted molar refractivity (Wildman–Crippen MR) is 83.2 cm³/mol. The molecule has 0 aliphatic carbocycles. The Morgan fingerprint density at radius 2 is 2.24 bits per heavy atom. The first kappa shape index (κ1) is 15.8. The molecule has 2 rings (SSSR count). The van der Waals surface area contributed by atoms with Gasteiger partial charge in [0, 0.05) is 23.6 Å². The number of carbonyl (C=O) groups excluding carboxylic acids is 1. The molecule has 0 bridgehead atoms. The van der Waals surface area contributed by atoms with Crippen molar-refractivity contribution in [2.24, 2.45) is 0 Å². The van der Waals surface area contributed by atoms with Crippen molar-refractivity contribution in [3.63, 3.8) is 0 Å². The van der Waals surface area contributed by atoms with Crippen LogP contribution in [0.3, 0.4) is 0 Å². The Morgan fingerprint density at radius 3 is 2.86 bits per heavy atom. The third-order valence-electron chi connectivity index (χ3n) is 3.64. The van der Waals surface area contributed by atoms with Gasteiger partial charge in [0.1, 0.15) is 5.75 Å². The molecular formula is C15H18BrN3O2. The maximum absolute atomic E-state index is 12.3. The van der Waals surface area contributed by atoms with Crippen LogP contribution >= 0.6 is 15.9 Å². The second kappa shape index (κ2) is 7.43. The molecule has 1 fully saturated rings. The third-order valence-corrected chi connectivity index (χ3v) is 4.33. The minimum absolute atomic E-state index is 0.0977. The normalized spacial score (nSPS) is 16.2. The van der Waals surface area contributed by atoms with Gasteiger partial charge in [0.25, 0.3) is 5.91 Å². The summed E-state index contributed by atoms with van der Waals surface area (Å²) < 4.78 is 5.91. The van der Waals surface area contributed by atoms with Crippen LogP contribution in [0.15, 0.2) is 22.7 Å². The van der Waals surface area contributed by atoms with Crippen LogP contribution in [-0.4, -0.2) is 43.6 Å². The van der Waals surface area contributed by atoms with E-state index >= 15 is 0 Å². The lowest BCUT2D eigenvalue weighted by atomic mass is 10.0. The van der Waals surface area contributed by atoms with E-state index in [1.807, 2.05) is 6.07 Å². The van der Waals surface area contributed by atoms with Crippen LogP contribution < -0.4 is 10.1 Å². The lowest BCUT2D eigenvalue weighted by molar-refractivity contribution is 0.0913. The SMILES string of the molecule is COc1ccc(Br)c(C(=O)NC2CCN(CC#N)CC2)c1. The monoisotopic (exact) mass is 351 g/mol. The quantitative estimate of drug-likeness (QED) is 0.844. The maximum atomic E-state index is 12.3. The Kier molecular flexibility index (Phi) is 5.59. The minimum Gasteiger partial charge on any atom is -0.497 e. The summed E-state index contributed by atoms with van der Waals surface area (Å²) in [5.74, 6) is 0.562. The van der Waals surface area contributed by atoms with Crippen molar-refractivity contribution in [2.45, 2.75) is 18.9 Å². The van der Waals surface area contributed by atoms with Gasteiger partial charge < -0.3 is 10.1 Å². The molecule has 21 heavy (non-hydrogen) atoms. The number of likely N-dealkylation sites (tertiary alicyclic amines) is 1. The minimum atomic E-state index is -0.0977. The van der Waals surface area contributed by atoms with E-state index < -0.39 is 0 Å². The van der Waals surface area contributed by atoms with Gasteiger partial charge in [-0.05, 0) is 47.0 Å². The Labute approximate surface area is 133 Å². The van der Waals surface area contributed by atoms with Crippen LogP contribution in [0.1, 0.15) is 23.2 Å². The molecule has 1 aromatic rings. The first-order valence-electron chi connectivity index (χ1n) is 6.87. The molecule has 1 aliphatic rings. The number of hydrogen-bond donors (Lipinski definition) is 1. The van der Waals surface area contributed by atoms with Gasteiger partial charge >= 0.3 is 0 Å². The number of nitrogens with one attached hydrogen (secondary N) is 1. The van der Waals surface area contributed by atoms with Gasteiger partial charge in [-0.2, -0.15) is 5.26 Å². The van der Waals surface area contributed by atoms with E-state index in [0.717, 1.165) is 30.4 Å². The summed E-state index contributed by atoms with van der Waals surface area (Å²) in [6.45, 7) is 2.15. The molecule has 0 spiro atoms. The highest BCUT2D eigenvalue weighted by Gasteiger charge is 2.21. The van der Waals surface area contributed by atoms with Crippen LogP contribution in [0.5, 0.6) is 5.75 Å². The summed E-state index contributed by atoms with van der Waals surface area (Å²) in [7, 11) is 1.58. The van der Waals surface area contributed by atoms with Crippen LogP contribution in [0, 0.1) is 11.3 Å². The number of amides is 1. The van der Waals surface area contributed by atoms with Crippen LogP contribution in [0.25, 0.3) is 0 Å². The summed E-state index contributed by atoms with van der Waals surface area (Å²) in [5, 5.41) is 11.7. The Balaban J connectivity index is 1.95. The van der Waals surface area contributed by atoms with Gasteiger partial charge in [0.15, 0.2) is 0 Å². The molecule has 1 heterocycles. The molecule has 112 valence electrons. The Hall–Kier alpha value is -1.58. The van der Waals surface area contributed by atoms with Crippen molar-refractivity contribution in [1.82, 2.24) is 10.2 Å². The number of rotatable bonds is 4. The van der Waals surface area contributed by atoms with Crippen molar-refractivity contribution in [2.75, 3.05) is 26.7 Å². The summed E-state index contributed by atoms with van der Waals surface area (Å²) in [6.07, 6.45) is 1.74. The molecule has 0 atom stereocenters. The van der Waals surface area contributed by atoms with Gasteiger partial charge in [0.2, 0.25) is 0 Å². The molecule has 1 amide bonds. The number of piperidine rings is 1. The molecule has 6 heteroatoms. The van der Waals surface area contributed by atoms with Gasteiger partial charge in [0.05, 0.1) is 25.3 Å². The largest absolute Gasteiger partial charge is 0.497 e. The van der Waals surface area contributed by atoms with Crippen molar-refractivity contribution in [3.05, 3.63) is 28.2 Å². The van der Waals surface area contributed by atoms with Crippen molar-refractivity contribution >= 4 is 21.8 Å². The number of hydrogen-bond acceptors (Lipinski definition) is 4. The van der Waals surface area contributed by atoms with Crippen LogP contribution in [0.4, 0.5) is 0 Å². The third kappa shape index (κ3) is 4.19. The zero-order valence-corrected chi connectivity index (χ0v) is 13.5. The summed E-state index contributed by atoms with van der Waals surface area (Å²) in [4.78, 5) is 14.4. The van der Waals surface area contributed by atoms with Crippen molar-refractivity contribution in [3.8, 4) is 11.8 Å². The molecule has 1 aliphatic heterocycles. The molecule has 5 nitrogen and oxygen atoms in total. The Bertz CT molecular complexity index is 548. The lowest BCUT2D eigenvalue weighted by Crippen LogP contribution is -2.44. The Morgan fingerprint density at radius 1 is 1.52 bits per heavy atom. The maximum Gasteiger partial charge on any atom is 0.252 e. The van der Waals surface area contributed by atoms with E-state index in [4.69, 9.17) is 10.00 Å². The molecule has 1 saturated heterocycles. The predicted octanol–water partition coefficient (Wildman–Crippen LogP) is 2.18. The molecule has 0 radical (unpaired) electrons. The van der Waals surface area contributed by atoms with E-state index in [-0.39, 0.29) is 11.9 Å². The number of methoxy groups -OCH3 is 1. The fraction of sp³-hybridized carbons (Fsp3) is 0.467. The van der Waals surface area contributed by atoms with E-state index in [1.165, 1.54) is 0 Å². The zero-order valence-electron chi connectivity index (χ0n) is 11.9. The topological polar surface area (TPSA) is 65.4 Å². The highest BCUT2D eigenvalue weighted by atomic mass is 79.9. The van der Waals surface area contributed by atoms with E-state index in [0.29, 0.717) is 17.9 Å². The molecule has 1 aromatic carbocycles. The summed E-state index contributed by atoms with van der Waals surface area (Å²) in [5.41, 5.74) is 0.578. The van der Waals surface area contributed by atoms with Crippen molar-refractivity contribution < 1.29 is 9.53 Å². The number of benzene rings is 1. The molecule has 1 N–H and O–H groups in total. The van der Waals surface area contributed by atoms with Gasteiger partial charge in [-0.3, -0.25) is 9.69 Å². The van der Waals surface area contributed by atoms with Crippen LogP contribution in [-0.2, 0) is 0 Å². The van der Waals surface area contributed by atoms with E-state index in [9.17, 15) is 4.79 Å². The van der Waals surface area contributed by atoms with Crippen molar-refractivity contribution in [1.29, 1.82) is 5.26 Å². The second-order valence-electron chi connectivity index (χ2n) is 5.03. The smallest absolute Gasteiger partial charge is 0.252 e. The van der Waals surface area contributed by atoms with E-state index in [1.54, 1.807) is 19.2 Å².